The molecule has 2 heterocycles. The van der Waals surface area contributed by atoms with Crippen LogP contribution in [-0.2, 0) is 6.18 Å². The summed E-state index contributed by atoms with van der Waals surface area (Å²) >= 11 is 0. The van der Waals surface area contributed by atoms with Crippen LogP contribution < -0.4 is 11.3 Å². The Balaban J connectivity index is 2.08. The van der Waals surface area contributed by atoms with E-state index >= 15 is 0 Å². The van der Waals surface area contributed by atoms with Crippen molar-refractivity contribution < 1.29 is 13.2 Å². The van der Waals surface area contributed by atoms with Gasteiger partial charge < -0.3 is 5.73 Å². The zero-order chi connectivity index (χ0) is 19.6. The third kappa shape index (κ3) is 3.98. The highest BCUT2D eigenvalue weighted by molar-refractivity contribution is 5.46. The number of pyridine rings is 1. The molecule has 0 aliphatic rings. The number of nitrogens with two attached hydrogens (primary N) is 1. The Labute approximate surface area is 152 Å². The fourth-order valence-corrected chi connectivity index (χ4v) is 2.35. The Bertz CT molecular complexity index is 1110. The SMILES string of the molecule is Cc1ccn(-c2cccc(C(F)(F)F)c2)c(=O)c1C#Cc1cnc(N)nc1. The van der Waals surface area contributed by atoms with Gasteiger partial charge in [-0.15, -0.1) is 0 Å². The van der Waals surface area contributed by atoms with Crippen molar-refractivity contribution in [1.29, 1.82) is 0 Å². The van der Waals surface area contributed by atoms with Crippen LogP contribution in [0.1, 0.15) is 22.3 Å². The maximum Gasteiger partial charge on any atom is 0.416 e. The van der Waals surface area contributed by atoms with E-state index in [2.05, 4.69) is 21.8 Å². The second kappa shape index (κ2) is 6.96. The highest BCUT2D eigenvalue weighted by Gasteiger charge is 2.30. The normalized spacial score (nSPS) is 11.0. The lowest BCUT2D eigenvalue weighted by atomic mass is 10.1. The lowest BCUT2D eigenvalue weighted by Gasteiger charge is -2.11. The van der Waals surface area contributed by atoms with Crippen molar-refractivity contribution >= 4 is 5.95 Å². The highest BCUT2D eigenvalue weighted by atomic mass is 19.4. The van der Waals surface area contributed by atoms with E-state index in [0.717, 1.165) is 16.7 Å². The van der Waals surface area contributed by atoms with Crippen molar-refractivity contribution in [3.8, 4) is 17.5 Å². The van der Waals surface area contributed by atoms with Gasteiger partial charge in [-0.3, -0.25) is 9.36 Å². The highest BCUT2D eigenvalue weighted by Crippen LogP contribution is 2.30. The lowest BCUT2D eigenvalue weighted by Crippen LogP contribution is -2.22. The number of nitrogen functional groups attached to an aromatic ring is 1. The minimum Gasteiger partial charge on any atom is -0.368 e. The Hall–Kier alpha value is -3.60. The van der Waals surface area contributed by atoms with Crippen LogP contribution in [0.4, 0.5) is 19.1 Å². The van der Waals surface area contributed by atoms with Crippen LogP contribution in [0.2, 0.25) is 0 Å². The first kappa shape index (κ1) is 18.2. The van der Waals surface area contributed by atoms with Gasteiger partial charge in [-0.25, -0.2) is 9.97 Å². The molecular weight excluding hydrogens is 357 g/mol. The number of alkyl halides is 3. The standard InChI is InChI=1S/C19H13F3N4O/c1-12-7-8-26(15-4-2-3-14(9-15)19(20,21)22)17(27)16(12)6-5-13-10-24-18(23)25-11-13/h2-4,7-11H,1H3,(H2,23,24,25). The number of nitrogens with zero attached hydrogens (tertiary/aromatic N) is 3. The van der Waals surface area contributed by atoms with Crippen LogP contribution in [0, 0.1) is 18.8 Å². The molecule has 3 rings (SSSR count). The van der Waals surface area contributed by atoms with Gasteiger partial charge in [-0.2, -0.15) is 13.2 Å². The number of hydrogen-bond acceptors (Lipinski definition) is 4. The molecule has 27 heavy (non-hydrogen) atoms. The molecule has 0 aliphatic heterocycles. The van der Waals surface area contributed by atoms with Gasteiger partial charge in [0, 0.05) is 24.3 Å². The van der Waals surface area contributed by atoms with Crippen LogP contribution in [0.3, 0.4) is 0 Å². The van der Waals surface area contributed by atoms with Crippen molar-refractivity contribution in [1.82, 2.24) is 14.5 Å². The summed E-state index contributed by atoms with van der Waals surface area (Å²) in [7, 11) is 0. The van der Waals surface area contributed by atoms with E-state index in [0.29, 0.717) is 11.1 Å². The van der Waals surface area contributed by atoms with Crippen molar-refractivity contribution in [2.24, 2.45) is 0 Å². The summed E-state index contributed by atoms with van der Waals surface area (Å²) in [6.07, 6.45) is -0.245. The van der Waals surface area contributed by atoms with Crippen LogP contribution in [0.15, 0.2) is 53.7 Å². The van der Waals surface area contributed by atoms with Crippen LogP contribution >= 0.6 is 0 Å². The molecule has 2 N–H and O–H groups in total. The molecule has 0 saturated carbocycles. The molecule has 0 radical (unpaired) electrons. The smallest absolute Gasteiger partial charge is 0.368 e. The first-order valence-corrected chi connectivity index (χ1v) is 7.75. The predicted octanol–water partition coefficient (Wildman–Crippen LogP) is 2.94. The summed E-state index contributed by atoms with van der Waals surface area (Å²) in [5.74, 6) is 5.61. The Morgan fingerprint density at radius 1 is 1.11 bits per heavy atom. The maximum atomic E-state index is 12.9. The van der Waals surface area contributed by atoms with Gasteiger partial charge in [-0.1, -0.05) is 17.9 Å². The number of aryl methyl sites for hydroxylation is 1. The van der Waals surface area contributed by atoms with Gasteiger partial charge in [0.25, 0.3) is 5.56 Å². The minimum atomic E-state index is -4.50. The van der Waals surface area contributed by atoms with Gasteiger partial charge in [0.15, 0.2) is 0 Å². The van der Waals surface area contributed by atoms with E-state index in [1.807, 2.05) is 0 Å². The molecule has 1 aromatic carbocycles. The van der Waals surface area contributed by atoms with E-state index in [1.54, 1.807) is 13.0 Å². The van der Waals surface area contributed by atoms with Crippen molar-refractivity contribution in [3.63, 3.8) is 0 Å². The number of aromatic nitrogens is 3. The van der Waals surface area contributed by atoms with E-state index in [4.69, 9.17) is 5.73 Å². The molecule has 0 fully saturated rings. The lowest BCUT2D eigenvalue weighted by molar-refractivity contribution is -0.137. The molecule has 3 aromatic rings. The van der Waals surface area contributed by atoms with E-state index < -0.39 is 17.3 Å². The maximum absolute atomic E-state index is 12.9. The van der Waals surface area contributed by atoms with E-state index in [-0.39, 0.29) is 17.2 Å². The third-order valence-electron chi connectivity index (χ3n) is 3.76. The summed E-state index contributed by atoms with van der Waals surface area (Å²) in [5, 5.41) is 0. The fourth-order valence-electron chi connectivity index (χ4n) is 2.35. The summed E-state index contributed by atoms with van der Waals surface area (Å²) < 4.78 is 39.9. The molecule has 8 heteroatoms. The number of halogens is 3. The average Bonchev–Trinajstić information content (AvgIpc) is 2.62. The topological polar surface area (TPSA) is 73.8 Å². The molecule has 0 spiro atoms. The van der Waals surface area contributed by atoms with Crippen LogP contribution in [-0.4, -0.2) is 14.5 Å². The molecule has 0 bridgehead atoms. The average molecular weight is 370 g/mol. The quantitative estimate of drug-likeness (QED) is 0.669. The number of hydrogen-bond donors (Lipinski definition) is 1. The van der Waals surface area contributed by atoms with Gasteiger partial charge in [0.2, 0.25) is 5.95 Å². The van der Waals surface area contributed by atoms with Crippen molar-refractivity contribution in [2.45, 2.75) is 13.1 Å². The minimum absolute atomic E-state index is 0.100. The predicted molar refractivity (Wildman–Crippen MR) is 94.2 cm³/mol. The van der Waals surface area contributed by atoms with Gasteiger partial charge in [0.1, 0.15) is 0 Å². The number of benzene rings is 1. The van der Waals surface area contributed by atoms with Gasteiger partial charge in [-0.05, 0) is 36.8 Å². The summed E-state index contributed by atoms with van der Waals surface area (Å²) in [6.45, 7) is 1.70. The summed E-state index contributed by atoms with van der Waals surface area (Å²) in [6, 6.07) is 6.16. The zero-order valence-electron chi connectivity index (χ0n) is 14.1. The zero-order valence-corrected chi connectivity index (χ0v) is 14.1. The fraction of sp³-hybridized carbons (Fsp3) is 0.105. The van der Waals surface area contributed by atoms with E-state index in [1.165, 1.54) is 30.7 Å². The largest absolute Gasteiger partial charge is 0.416 e. The first-order valence-electron chi connectivity index (χ1n) is 7.75. The molecule has 0 amide bonds. The monoisotopic (exact) mass is 370 g/mol. The molecule has 136 valence electrons. The van der Waals surface area contributed by atoms with Crippen molar-refractivity contribution in [3.05, 3.63) is 81.5 Å². The van der Waals surface area contributed by atoms with Gasteiger partial charge in [0.05, 0.1) is 16.7 Å². The Kier molecular flexibility index (Phi) is 4.69. The molecule has 0 unspecified atom stereocenters. The third-order valence-corrected chi connectivity index (χ3v) is 3.76. The number of anilines is 1. The Morgan fingerprint density at radius 2 is 1.81 bits per heavy atom. The summed E-state index contributed by atoms with van der Waals surface area (Å²) in [4.78, 5) is 20.4. The Morgan fingerprint density at radius 3 is 2.48 bits per heavy atom. The van der Waals surface area contributed by atoms with Gasteiger partial charge >= 0.3 is 6.18 Å². The van der Waals surface area contributed by atoms with Crippen molar-refractivity contribution in [2.75, 3.05) is 5.73 Å². The number of rotatable bonds is 1. The molecule has 0 saturated heterocycles. The van der Waals surface area contributed by atoms with Crippen LogP contribution in [0.5, 0.6) is 0 Å². The summed E-state index contributed by atoms with van der Waals surface area (Å²) in [5.41, 5.74) is 5.39. The molecule has 2 aromatic heterocycles. The van der Waals surface area contributed by atoms with E-state index in [9.17, 15) is 18.0 Å². The molecule has 0 atom stereocenters. The second-order valence-electron chi connectivity index (χ2n) is 5.68. The first-order chi connectivity index (χ1) is 12.8. The van der Waals surface area contributed by atoms with Crippen LogP contribution in [0.25, 0.3) is 5.69 Å². The second-order valence-corrected chi connectivity index (χ2v) is 5.68. The molecule has 0 aliphatic carbocycles. The molecular formula is C19H13F3N4O. The molecule has 5 nitrogen and oxygen atoms in total.